The molecule has 1 aromatic heterocycles. The van der Waals surface area contributed by atoms with E-state index in [2.05, 4.69) is 4.98 Å². The molecule has 1 saturated carbocycles. The molecular weight excluding hydrogens is 411 g/mol. The zero-order valence-corrected chi connectivity index (χ0v) is 16.8. The van der Waals surface area contributed by atoms with E-state index in [4.69, 9.17) is 0 Å². The molecule has 6 nitrogen and oxygen atoms in total. The minimum absolute atomic E-state index is 0.0500. The third-order valence-corrected chi connectivity index (χ3v) is 6.74. The van der Waals surface area contributed by atoms with Gasteiger partial charge in [-0.25, -0.2) is 9.78 Å². The van der Waals surface area contributed by atoms with Crippen LogP contribution >= 0.6 is 0 Å². The van der Waals surface area contributed by atoms with Crippen LogP contribution in [0.4, 0.5) is 13.2 Å². The first kappa shape index (κ1) is 20.1. The zero-order chi connectivity index (χ0) is 21.9. The largest absolute Gasteiger partial charge is 0.476 e. The summed E-state index contributed by atoms with van der Waals surface area (Å²) in [4.78, 5) is 31.4. The molecule has 1 amide bonds. The summed E-state index contributed by atoms with van der Waals surface area (Å²) in [5.41, 5.74) is -1.14. The molecule has 2 aliphatic heterocycles. The van der Waals surface area contributed by atoms with Crippen molar-refractivity contribution in [3.8, 4) is 5.69 Å². The van der Waals surface area contributed by atoms with Crippen molar-refractivity contribution in [2.45, 2.75) is 63.1 Å². The summed E-state index contributed by atoms with van der Waals surface area (Å²) in [6, 6.07) is 3.08. The molecular formula is C22H22F3N3O3. The normalized spacial score (nSPS) is 21.5. The van der Waals surface area contributed by atoms with E-state index in [-0.39, 0.29) is 23.8 Å². The second kappa shape index (κ2) is 7.10. The highest BCUT2D eigenvalue weighted by molar-refractivity contribution is 6.01. The topological polar surface area (TPSA) is 75.4 Å². The molecule has 1 N–H and O–H groups in total. The summed E-state index contributed by atoms with van der Waals surface area (Å²) in [6.07, 6.45) is 0.970. The fourth-order valence-electron chi connectivity index (χ4n) is 5.43. The monoisotopic (exact) mass is 433 g/mol. The van der Waals surface area contributed by atoms with E-state index >= 15 is 0 Å². The number of alkyl halides is 3. The second-order valence-electron chi connectivity index (χ2n) is 8.53. The first-order valence-corrected chi connectivity index (χ1v) is 10.7. The molecule has 0 spiro atoms. The Labute approximate surface area is 176 Å². The maximum Gasteiger partial charge on any atom is 0.417 e. The first-order valence-electron chi connectivity index (χ1n) is 10.7. The lowest BCUT2D eigenvalue weighted by Gasteiger charge is -2.24. The van der Waals surface area contributed by atoms with Gasteiger partial charge in [0.15, 0.2) is 5.69 Å². The lowest BCUT2D eigenvalue weighted by Crippen LogP contribution is -2.31. The van der Waals surface area contributed by atoms with Gasteiger partial charge in [-0.3, -0.25) is 9.36 Å². The van der Waals surface area contributed by atoms with Gasteiger partial charge < -0.3 is 10.0 Å². The van der Waals surface area contributed by atoms with Gasteiger partial charge in [0.2, 0.25) is 0 Å². The standard InChI is InChI=1S/C22H22F3N3O3/c23-22(24,25)13-8-4-9-14-16(13)20(29)27-11-5-10-15(27)18-17(21(30)31)26-19(28(14)18)12-6-2-1-3-7-12/h4,8-9,12,15H,1-3,5-7,10-11H2,(H,30,31)/t15-/m0/s1. The SMILES string of the molecule is O=C(O)c1nc(C2CCCCC2)n2c1[C@@H]1CCCN1C(=O)c1c-2cccc1C(F)(F)F. The number of rotatable bonds is 2. The smallest absolute Gasteiger partial charge is 0.417 e. The van der Waals surface area contributed by atoms with E-state index in [1.54, 1.807) is 4.57 Å². The van der Waals surface area contributed by atoms with Crippen LogP contribution < -0.4 is 0 Å². The van der Waals surface area contributed by atoms with Crippen LogP contribution in [0.3, 0.4) is 0 Å². The van der Waals surface area contributed by atoms with Crippen molar-refractivity contribution in [2.24, 2.45) is 0 Å². The average molecular weight is 433 g/mol. The maximum absolute atomic E-state index is 13.9. The highest BCUT2D eigenvalue weighted by Crippen LogP contribution is 2.46. The molecule has 164 valence electrons. The van der Waals surface area contributed by atoms with Crippen LogP contribution in [0, 0.1) is 0 Å². The Bertz CT molecular complexity index is 1070. The fraction of sp³-hybridized carbons (Fsp3) is 0.500. The van der Waals surface area contributed by atoms with Crippen molar-refractivity contribution in [3.63, 3.8) is 0 Å². The highest BCUT2D eigenvalue weighted by Gasteiger charge is 2.46. The lowest BCUT2D eigenvalue weighted by atomic mass is 9.88. The predicted octanol–water partition coefficient (Wildman–Crippen LogP) is 4.93. The van der Waals surface area contributed by atoms with E-state index in [1.807, 2.05) is 0 Å². The summed E-state index contributed by atoms with van der Waals surface area (Å²) in [5, 5.41) is 9.90. The number of halogens is 3. The molecule has 0 radical (unpaired) electrons. The Hall–Kier alpha value is -2.84. The number of fused-ring (bicyclic) bond motifs is 5. The molecule has 1 aromatic carbocycles. The van der Waals surface area contributed by atoms with Gasteiger partial charge in [-0.2, -0.15) is 13.2 Å². The number of aromatic nitrogens is 2. The third kappa shape index (κ3) is 3.04. The minimum atomic E-state index is -4.71. The van der Waals surface area contributed by atoms with Crippen LogP contribution in [0.25, 0.3) is 5.69 Å². The fourth-order valence-corrected chi connectivity index (χ4v) is 5.43. The number of carbonyl (C=O) groups is 2. The van der Waals surface area contributed by atoms with Gasteiger partial charge in [0, 0.05) is 12.5 Å². The summed E-state index contributed by atoms with van der Waals surface area (Å²) < 4.78 is 43.3. The number of benzene rings is 1. The number of imidazole rings is 1. The van der Waals surface area contributed by atoms with Gasteiger partial charge >= 0.3 is 12.1 Å². The van der Waals surface area contributed by atoms with Crippen molar-refractivity contribution in [3.05, 3.63) is 46.5 Å². The number of aromatic carboxylic acids is 1. The van der Waals surface area contributed by atoms with Crippen LogP contribution in [-0.4, -0.2) is 38.0 Å². The van der Waals surface area contributed by atoms with E-state index in [0.29, 0.717) is 24.4 Å². The van der Waals surface area contributed by atoms with E-state index in [9.17, 15) is 27.9 Å². The van der Waals surface area contributed by atoms with E-state index < -0.39 is 35.2 Å². The van der Waals surface area contributed by atoms with Gasteiger partial charge in [0.05, 0.1) is 28.6 Å². The molecule has 0 bridgehead atoms. The highest BCUT2D eigenvalue weighted by atomic mass is 19.4. The quantitative estimate of drug-likeness (QED) is 0.729. The number of hydrogen-bond donors (Lipinski definition) is 1. The molecule has 2 aromatic rings. The Balaban J connectivity index is 1.86. The third-order valence-electron chi connectivity index (χ3n) is 6.74. The summed E-state index contributed by atoms with van der Waals surface area (Å²) in [7, 11) is 0. The van der Waals surface area contributed by atoms with Gasteiger partial charge in [0.25, 0.3) is 5.91 Å². The zero-order valence-electron chi connectivity index (χ0n) is 16.8. The van der Waals surface area contributed by atoms with Crippen LogP contribution in [0.1, 0.15) is 94.8 Å². The maximum atomic E-state index is 13.9. The van der Waals surface area contributed by atoms with E-state index in [0.717, 1.165) is 38.2 Å². The van der Waals surface area contributed by atoms with Crippen molar-refractivity contribution in [1.29, 1.82) is 0 Å². The molecule has 2 fully saturated rings. The predicted molar refractivity (Wildman–Crippen MR) is 104 cm³/mol. The summed E-state index contributed by atoms with van der Waals surface area (Å²) in [6.45, 7) is 0.290. The van der Waals surface area contributed by atoms with Gasteiger partial charge in [-0.15, -0.1) is 0 Å². The molecule has 31 heavy (non-hydrogen) atoms. The van der Waals surface area contributed by atoms with Crippen LogP contribution in [0.15, 0.2) is 18.2 Å². The molecule has 1 atom stereocenters. The van der Waals surface area contributed by atoms with Gasteiger partial charge in [0.1, 0.15) is 5.82 Å². The number of hydrogen-bond acceptors (Lipinski definition) is 3. The molecule has 9 heteroatoms. The second-order valence-corrected chi connectivity index (χ2v) is 8.53. The van der Waals surface area contributed by atoms with E-state index in [1.165, 1.54) is 17.0 Å². The van der Waals surface area contributed by atoms with Gasteiger partial charge in [-0.05, 0) is 37.8 Å². The Kier molecular flexibility index (Phi) is 4.60. The summed E-state index contributed by atoms with van der Waals surface area (Å²) >= 11 is 0. The van der Waals surface area contributed by atoms with Crippen molar-refractivity contribution in [2.75, 3.05) is 6.54 Å². The first-order chi connectivity index (χ1) is 14.8. The number of amides is 1. The van der Waals surface area contributed by atoms with Crippen LogP contribution in [0.2, 0.25) is 0 Å². The minimum Gasteiger partial charge on any atom is -0.476 e. The molecule has 5 rings (SSSR count). The molecule has 3 aliphatic rings. The Morgan fingerprint density at radius 1 is 1.10 bits per heavy atom. The number of carboxylic acids is 1. The van der Waals surface area contributed by atoms with Crippen LogP contribution in [-0.2, 0) is 6.18 Å². The number of carboxylic acid groups (broad SMARTS) is 1. The molecule has 0 unspecified atom stereocenters. The van der Waals surface area contributed by atoms with Crippen molar-refractivity contribution >= 4 is 11.9 Å². The number of carbonyl (C=O) groups excluding carboxylic acids is 1. The molecule has 3 heterocycles. The van der Waals surface area contributed by atoms with Gasteiger partial charge in [-0.1, -0.05) is 25.3 Å². The molecule has 1 aliphatic carbocycles. The number of nitrogens with zero attached hydrogens (tertiary/aromatic N) is 3. The average Bonchev–Trinajstić information content (AvgIpc) is 3.35. The molecule has 1 saturated heterocycles. The summed E-state index contributed by atoms with van der Waals surface area (Å²) in [5.74, 6) is -1.50. The van der Waals surface area contributed by atoms with Crippen molar-refractivity contribution < 1.29 is 27.9 Å². The van der Waals surface area contributed by atoms with Crippen molar-refractivity contribution in [1.82, 2.24) is 14.5 Å². The Morgan fingerprint density at radius 2 is 1.84 bits per heavy atom. The van der Waals surface area contributed by atoms with Crippen LogP contribution in [0.5, 0.6) is 0 Å². The Morgan fingerprint density at radius 3 is 2.52 bits per heavy atom. The lowest BCUT2D eigenvalue weighted by molar-refractivity contribution is -0.138.